The van der Waals surface area contributed by atoms with E-state index >= 15 is 0 Å². The number of likely N-dealkylation sites (N-methyl/N-ethyl adjacent to an activating group) is 1. The van der Waals surface area contributed by atoms with Gasteiger partial charge in [-0.1, -0.05) is 0 Å². The summed E-state index contributed by atoms with van der Waals surface area (Å²) in [4.78, 5) is 9.93. The molecule has 0 aliphatic heterocycles. The van der Waals surface area contributed by atoms with Crippen molar-refractivity contribution in [2.24, 2.45) is 0 Å². The summed E-state index contributed by atoms with van der Waals surface area (Å²) < 4.78 is 10.4. The van der Waals surface area contributed by atoms with Gasteiger partial charge in [0, 0.05) is 32.8 Å². The zero-order valence-corrected chi connectivity index (χ0v) is 10.2. The zero-order chi connectivity index (χ0) is 11.9. The number of rotatable bonds is 13. The van der Waals surface area contributed by atoms with Gasteiger partial charge in [0.25, 0.3) is 0 Å². The quantitative estimate of drug-likeness (QED) is 0.340. The molecule has 5 nitrogen and oxygen atoms in total. The molecule has 5 heteroatoms. The molecule has 0 aromatic carbocycles. The van der Waals surface area contributed by atoms with Crippen LogP contribution in [0.5, 0.6) is 0 Å². The standard InChI is InChI=1S/C11H24N2O3/c1-12-4-5-13-6-10-15-8-2-3-9-16-11-7-14/h7,12-13H,2-6,8-11H2,1H3. The molecule has 0 aromatic heterocycles. The molecule has 0 saturated heterocycles. The molecule has 0 aromatic rings. The van der Waals surface area contributed by atoms with Crippen molar-refractivity contribution in [3.8, 4) is 0 Å². The maximum atomic E-state index is 9.93. The van der Waals surface area contributed by atoms with E-state index in [1.54, 1.807) is 0 Å². The summed E-state index contributed by atoms with van der Waals surface area (Å²) >= 11 is 0. The summed E-state index contributed by atoms with van der Waals surface area (Å²) in [5, 5.41) is 6.32. The van der Waals surface area contributed by atoms with Crippen molar-refractivity contribution < 1.29 is 14.3 Å². The molecule has 0 atom stereocenters. The Balaban J connectivity index is 2.85. The molecule has 0 unspecified atom stereocenters. The van der Waals surface area contributed by atoms with Gasteiger partial charge in [-0.15, -0.1) is 0 Å². The fourth-order valence-electron chi connectivity index (χ4n) is 1.12. The summed E-state index contributed by atoms with van der Waals surface area (Å²) in [5.74, 6) is 0. The van der Waals surface area contributed by atoms with Gasteiger partial charge in [0.15, 0.2) is 0 Å². The molecule has 0 radical (unpaired) electrons. The highest BCUT2D eigenvalue weighted by molar-refractivity contribution is 5.50. The van der Waals surface area contributed by atoms with Gasteiger partial charge in [0.1, 0.15) is 12.9 Å². The van der Waals surface area contributed by atoms with Crippen LogP contribution in [0, 0.1) is 0 Å². The van der Waals surface area contributed by atoms with E-state index in [4.69, 9.17) is 9.47 Å². The Morgan fingerprint density at radius 2 is 1.75 bits per heavy atom. The van der Waals surface area contributed by atoms with Crippen LogP contribution in [0.1, 0.15) is 12.8 Å². The van der Waals surface area contributed by atoms with Gasteiger partial charge in [-0.3, -0.25) is 0 Å². The second kappa shape index (κ2) is 14.5. The minimum Gasteiger partial charge on any atom is -0.380 e. The van der Waals surface area contributed by atoms with Gasteiger partial charge in [0.2, 0.25) is 0 Å². The molecule has 16 heavy (non-hydrogen) atoms. The van der Waals surface area contributed by atoms with Gasteiger partial charge in [0.05, 0.1) is 6.61 Å². The van der Waals surface area contributed by atoms with Crippen LogP contribution in [0.4, 0.5) is 0 Å². The van der Waals surface area contributed by atoms with Crippen LogP contribution in [0.2, 0.25) is 0 Å². The maximum absolute atomic E-state index is 9.93. The molecule has 0 aliphatic rings. The molecule has 0 spiro atoms. The molecule has 2 N–H and O–H groups in total. The summed E-state index contributed by atoms with van der Waals surface area (Å²) in [6.45, 7) is 5.20. The Labute approximate surface area is 97.9 Å². The Morgan fingerprint density at radius 3 is 2.44 bits per heavy atom. The molecule has 0 bridgehead atoms. The van der Waals surface area contributed by atoms with Crippen molar-refractivity contribution in [3.63, 3.8) is 0 Å². The predicted octanol–water partition coefficient (Wildman–Crippen LogP) is -0.192. The average molecular weight is 232 g/mol. The number of nitrogens with one attached hydrogen (secondary N) is 2. The SMILES string of the molecule is CNCCNCCOCCCCOCC=O. The van der Waals surface area contributed by atoms with E-state index in [9.17, 15) is 4.79 Å². The number of hydrogen-bond acceptors (Lipinski definition) is 5. The Bertz CT molecular complexity index is 145. The van der Waals surface area contributed by atoms with Gasteiger partial charge in [-0.25, -0.2) is 0 Å². The van der Waals surface area contributed by atoms with E-state index < -0.39 is 0 Å². The van der Waals surface area contributed by atoms with Crippen molar-refractivity contribution in [3.05, 3.63) is 0 Å². The van der Waals surface area contributed by atoms with E-state index in [0.29, 0.717) is 6.61 Å². The highest BCUT2D eigenvalue weighted by Crippen LogP contribution is 1.90. The van der Waals surface area contributed by atoms with E-state index in [2.05, 4.69) is 10.6 Å². The smallest absolute Gasteiger partial charge is 0.145 e. The van der Waals surface area contributed by atoms with E-state index in [-0.39, 0.29) is 6.61 Å². The maximum Gasteiger partial charge on any atom is 0.145 e. The fourth-order valence-corrected chi connectivity index (χ4v) is 1.12. The molecule has 96 valence electrons. The number of ether oxygens (including phenoxy) is 2. The largest absolute Gasteiger partial charge is 0.380 e. The lowest BCUT2D eigenvalue weighted by molar-refractivity contribution is -0.111. The van der Waals surface area contributed by atoms with Crippen molar-refractivity contribution in [1.29, 1.82) is 0 Å². The Hall–Kier alpha value is -0.490. The minimum atomic E-state index is 0.205. The van der Waals surface area contributed by atoms with Crippen LogP contribution < -0.4 is 10.6 Å². The first-order valence-electron chi connectivity index (χ1n) is 5.86. The lowest BCUT2D eigenvalue weighted by atomic mass is 10.3. The average Bonchev–Trinajstić information content (AvgIpc) is 2.31. The predicted molar refractivity (Wildman–Crippen MR) is 63.7 cm³/mol. The van der Waals surface area contributed by atoms with Crippen molar-refractivity contribution >= 4 is 6.29 Å². The minimum absolute atomic E-state index is 0.205. The molecule has 0 rings (SSSR count). The highest BCUT2D eigenvalue weighted by atomic mass is 16.5. The van der Waals surface area contributed by atoms with Crippen LogP contribution in [-0.4, -0.2) is 59.4 Å². The molecule has 0 amide bonds. The summed E-state index contributed by atoms with van der Waals surface area (Å²) in [5.41, 5.74) is 0. The van der Waals surface area contributed by atoms with Crippen molar-refractivity contribution in [1.82, 2.24) is 10.6 Å². The molecular weight excluding hydrogens is 208 g/mol. The van der Waals surface area contributed by atoms with E-state index in [0.717, 1.165) is 52.0 Å². The van der Waals surface area contributed by atoms with E-state index in [1.165, 1.54) is 0 Å². The molecule has 0 fully saturated rings. The van der Waals surface area contributed by atoms with E-state index in [1.807, 2.05) is 7.05 Å². The highest BCUT2D eigenvalue weighted by Gasteiger charge is 1.91. The lowest BCUT2D eigenvalue weighted by Gasteiger charge is -2.05. The molecule has 0 saturated carbocycles. The first-order valence-corrected chi connectivity index (χ1v) is 5.86. The Morgan fingerprint density at radius 1 is 1.00 bits per heavy atom. The number of aldehydes is 1. The number of hydrogen-bond donors (Lipinski definition) is 2. The van der Waals surface area contributed by atoms with Crippen LogP contribution in [0.25, 0.3) is 0 Å². The van der Waals surface area contributed by atoms with Gasteiger partial charge in [-0.2, -0.15) is 0 Å². The van der Waals surface area contributed by atoms with Crippen molar-refractivity contribution in [2.75, 3.05) is 53.1 Å². The fraction of sp³-hybridized carbons (Fsp3) is 0.909. The number of unbranched alkanes of at least 4 members (excludes halogenated alkanes) is 1. The monoisotopic (exact) mass is 232 g/mol. The summed E-state index contributed by atoms with van der Waals surface area (Å²) in [6, 6.07) is 0. The van der Waals surface area contributed by atoms with Crippen LogP contribution in [0.15, 0.2) is 0 Å². The van der Waals surface area contributed by atoms with Gasteiger partial charge >= 0.3 is 0 Å². The summed E-state index contributed by atoms with van der Waals surface area (Å²) in [7, 11) is 1.94. The number of carbonyl (C=O) groups excluding carboxylic acids is 1. The second-order valence-electron chi connectivity index (χ2n) is 3.41. The third-order valence-corrected chi connectivity index (χ3v) is 1.99. The molecule has 0 aliphatic carbocycles. The van der Waals surface area contributed by atoms with Crippen LogP contribution >= 0.6 is 0 Å². The Kier molecular flexibility index (Phi) is 14.1. The lowest BCUT2D eigenvalue weighted by Crippen LogP contribution is -2.27. The number of carbonyl (C=O) groups is 1. The topological polar surface area (TPSA) is 59.6 Å². The van der Waals surface area contributed by atoms with Gasteiger partial charge in [-0.05, 0) is 19.9 Å². The third kappa shape index (κ3) is 13.5. The normalized spacial score (nSPS) is 10.6. The van der Waals surface area contributed by atoms with Gasteiger partial charge < -0.3 is 24.9 Å². The zero-order valence-electron chi connectivity index (χ0n) is 10.2. The first-order chi connectivity index (χ1) is 7.91. The molecular formula is C11H24N2O3. The molecule has 0 heterocycles. The van der Waals surface area contributed by atoms with Crippen LogP contribution in [-0.2, 0) is 14.3 Å². The summed E-state index contributed by atoms with van der Waals surface area (Å²) in [6.07, 6.45) is 2.70. The third-order valence-electron chi connectivity index (χ3n) is 1.99. The second-order valence-corrected chi connectivity index (χ2v) is 3.41. The van der Waals surface area contributed by atoms with Crippen LogP contribution in [0.3, 0.4) is 0 Å². The first kappa shape index (κ1) is 15.5. The van der Waals surface area contributed by atoms with Crippen molar-refractivity contribution in [2.45, 2.75) is 12.8 Å².